The molecular weight excluding hydrogens is 346 g/mol. The van der Waals surface area contributed by atoms with E-state index in [9.17, 15) is 14.4 Å². The normalized spacial score (nSPS) is 11.1. The molecule has 3 heterocycles. The first-order valence-corrected chi connectivity index (χ1v) is 8.50. The highest BCUT2D eigenvalue weighted by molar-refractivity contribution is 5.96. The van der Waals surface area contributed by atoms with Crippen molar-refractivity contribution < 1.29 is 9.21 Å². The van der Waals surface area contributed by atoms with Crippen molar-refractivity contribution in [1.29, 1.82) is 0 Å². The van der Waals surface area contributed by atoms with Crippen molar-refractivity contribution in [3.63, 3.8) is 0 Å². The summed E-state index contributed by atoms with van der Waals surface area (Å²) in [6.45, 7) is 0.506. The number of benzene rings is 1. The number of nitrogens with zero attached hydrogens (tertiary/aromatic N) is 2. The van der Waals surface area contributed by atoms with Crippen molar-refractivity contribution in [3.8, 4) is 0 Å². The molecule has 0 bridgehead atoms. The summed E-state index contributed by atoms with van der Waals surface area (Å²) in [5.74, 6) is -0.525. The van der Waals surface area contributed by atoms with Gasteiger partial charge < -0.3 is 18.9 Å². The van der Waals surface area contributed by atoms with Gasteiger partial charge in [-0.05, 0) is 24.3 Å². The Labute approximate surface area is 153 Å². The van der Waals surface area contributed by atoms with E-state index in [1.165, 1.54) is 10.6 Å². The molecule has 0 spiro atoms. The topological polar surface area (TPSA) is 86.2 Å². The standard InChI is InChI=1S/C20H17N3O4/c1-22-9-6-13-7-10-23(19(25)17(13)22)11-8-21-18(24)15-12-14-4-2-3-5-16(14)27-20(15)26/h2-7,9-10,12H,8,11H2,1H3,(H,21,24). The highest BCUT2D eigenvalue weighted by Crippen LogP contribution is 2.12. The number of carbonyl (C=O) groups is 1. The number of fused-ring (bicyclic) bond motifs is 2. The maximum absolute atomic E-state index is 12.5. The molecule has 3 aromatic heterocycles. The molecule has 7 nitrogen and oxygen atoms in total. The van der Waals surface area contributed by atoms with E-state index < -0.39 is 11.5 Å². The molecule has 0 unspecified atom stereocenters. The molecule has 0 aliphatic carbocycles. The van der Waals surface area contributed by atoms with Gasteiger partial charge in [-0.25, -0.2) is 4.79 Å². The van der Waals surface area contributed by atoms with Crippen LogP contribution in [0.3, 0.4) is 0 Å². The molecule has 0 atom stereocenters. The summed E-state index contributed by atoms with van der Waals surface area (Å²) in [6, 6.07) is 12.2. The van der Waals surface area contributed by atoms with E-state index in [4.69, 9.17) is 4.42 Å². The van der Waals surface area contributed by atoms with Crippen LogP contribution in [0.4, 0.5) is 0 Å². The predicted octanol–water partition coefficient (Wildman–Crippen LogP) is 1.88. The fourth-order valence-electron chi connectivity index (χ4n) is 3.11. The third kappa shape index (κ3) is 3.03. The van der Waals surface area contributed by atoms with Gasteiger partial charge in [0.15, 0.2) is 0 Å². The van der Waals surface area contributed by atoms with Crippen LogP contribution < -0.4 is 16.5 Å². The zero-order valence-corrected chi connectivity index (χ0v) is 14.6. The molecule has 7 heteroatoms. The van der Waals surface area contributed by atoms with E-state index in [1.807, 2.05) is 25.4 Å². The van der Waals surface area contributed by atoms with Gasteiger partial charge >= 0.3 is 5.63 Å². The Hall–Kier alpha value is -3.61. The Morgan fingerprint density at radius 2 is 1.85 bits per heavy atom. The summed E-state index contributed by atoms with van der Waals surface area (Å²) in [4.78, 5) is 36.9. The molecule has 0 saturated carbocycles. The second-order valence-electron chi connectivity index (χ2n) is 6.29. The summed E-state index contributed by atoms with van der Waals surface area (Å²) in [7, 11) is 1.81. The largest absolute Gasteiger partial charge is 0.422 e. The van der Waals surface area contributed by atoms with Gasteiger partial charge in [-0.1, -0.05) is 18.2 Å². The molecule has 1 aromatic carbocycles. The lowest BCUT2D eigenvalue weighted by Gasteiger charge is -2.08. The third-order valence-electron chi connectivity index (χ3n) is 4.53. The second-order valence-corrected chi connectivity index (χ2v) is 6.29. The van der Waals surface area contributed by atoms with Crippen LogP contribution in [0, 0.1) is 0 Å². The summed E-state index contributed by atoms with van der Waals surface area (Å²) in [5, 5.41) is 4.22. The molecule has 27 heavy (non-hydrogen) atoms. The monoisotopic (exact) mass is 363 g/mol. The van der Waals surface area contributed by atoms with Crippen molar-refractivity contribution in [2.75, 3.05) is 6.54 Å². The Balaban J connectivity index is 1.51. The smallest absolute Gasteiger partial charge is 0.349 e. The highest BCUT2D eigenvalue weighted by Gasteiger charge is 2.13. The van der Waals surface area contributed by atoms with Gasteiger partial charge in [0.05, 0.1) is 0 Å². The average Bonchev–Trinajstić information content (AvgIpc) is 3.04. The quantitative estimate of drug-likeness (QED) is 0.561. The number of para-hydroxylation sites is 1. The Morgan fingerprint density at radius 1 is 1.07 bits per heavy atom. The van der Waals surface area contributed by atoms with E-state index in [0.29, 0.717) is 23.0 Å². The average molecular weight is 363 g/mol. The predicted molar refractivity (Wildman–Crippen MR) is 102 cm³/mol. The molecule has 136 valence electrons. The molecule has 4 aromatic rings. The molecule has 0 saturated heterocycles. The zero-order chi connectivity index (χ0) is 19.0. The van der Waals surface area contributed by atoms with Crippen LogP contribution >= 0.6 is 0 Å². The van der Waals surface area contributed by atoms with Gasteiger partial charge in [0.2, 0.25) is 0 Å². The molecule has 0 aliphatic rings. The molecule has 4 rings (SSSR count). The van der Waals surface area contributed by atoms with Crippen LogP contribution in [-0.2, 0) is 13.6 Å². The number of pyridine rings is 1. The lowest BCUT2D eigenvalue weighted by molar-refractivity contribution is 0.0948. The van der Waals surface area contributed by atoms with Gasteiger partial charge in [0.1, 0.15) is 16.7 Å². The first-order valence-electron chi connectivity index (χ1n) is 8.50. The van der Waals surface area contributed by atoms with Crippen molar-refractivity contribution in [1.82, 2.24) is 14.5 Å². The van der Waals surface area contributed by atoms with Gasteiger partial charge in [-0.2, -0.15) is 0 Å². The lowest BCUT2D eigenvalue weighted by atomic mass is 10.2. The van der Waals surface area contributed by atoms with E-state index in [0.717, 1.165) is 5.39 Å². The fourth-order valence-corrected chi connectivity index (χ4v) is 3.11. The van der Waals surface area contributed by atoms with Crippen molar-refractivity contribution >= 4 is 27.8 Å². The van der Waals surface area contributed by atoms with Gasteiger partial charge in [-0.15, -0.1) is 0 Å². The molecule has 0 fully saturated rings. The molecule has 0 aliphatic heterocycles. The molecule has 1 amide bonds. The highest BCUT2D eigenvalue weighted by atomic mass is 16.4. The number of carbonyl (C=O) groups excluding carboxylic acids is 1. The fraction of sp³-hybridized carbons (Fsp3) is 0.150. The Kier molecular flexibility index (Phi) is 4.12. The minimum atomic E-state index is -0.686. The lowest BCUT2D eigenvalue weighted by Crippen LogP contribution is -2.33. The van der Waals surface area contributed by atoms with Crippen LogP contribution in [0.15, 0.2) is 68.9 Å². The van der Waals surface area contributed by atoms with E-state index in [1.54, 1.807) is 35.0 Å². The number of hydrogen-bond acceptors (Lipinski definition) is 4. The van der Waals surface area contributed by atoms with Crippen LogP contribution in [0.1, 0.15) is 10.4 Å². The Morgan fingerprint density at radius 3 is 2.70 bits per heavy atom. The van der Waals surface area contributed by atoms with Crippen LogP contribution in [-0.4, -0.2) is 21.6 Å². The number of amides is 1. The summed E-state index contributed by atoms with van der Waals surface area (Å²) in [5.41, 5.74) is 0.174. The SMILES string of the molecule is Cn1ccc2ccn(CCNC(=O)c3cc4ccccc4oc3=O)c(=O)c21. The van der Waals surface area contributed by atoms with E-state index >= 15 is 0 Å². The third-order valence-corrected chi connectivity index (χ3v) is 4.53. The van der Waals surface area contributed by atoms with Crippen molar-refractivity contribution in [2.24, 2.45) is 7.05 Å². The summed E-state index contributed by atoms with van der Waals surface area (Å²) >= 11 is 0. The molecular formula is C20H17N3O4. The maximum atomic E-state index is 12.5. The maximum Gasteiger partial charge on any atom is 0.349 e. The number of aryl methyl sites for hydroxylation is 1. The first kappa shape index (κ1) is 16.8. The second kappa shape index (κ2) is 6.60. The van der Waals surface area contributed by atoms with Crippen LogP contribution in [0.25, 0.3) is 21.9 Å². The van der Waals surface area contributed by atoms with Crippen LogP contribution in [0.5, 0.6) is 0 Å². The minimum Gasteiger partial charge on any atom is -0.422 e. The minimum absolute atomic E-state index is 0.0565. The molecule has 0 radical (unpaired) electrons. The zero-order valence-electron chi connectivity index (χ0n) is 14.6. The van der Waals surface area contributed by atoms with Gasteiger partial charge in [-0.3, -0.25) is 9.59 Å². The van der Waals surface area contributed by atoms with Crippen molar-refractivity contribution in [3.05, 3.63) is 81.2 Å². The number of rotatable bonds is 4. The summed E-state index contributed by atoms with van der Waals surface area (Å²) < 4.78 is 8.48. The first-order chi connectivity index (χ1) is 13.0. The van der Waals surface area contributed by atoms with Crippen molar-refractivity contribution in [2.45, 2.75) is 6.54 Å². The number of nitrogens with one attached hydrogen (secondary N) is 1. The van der Waals surface area contributed by atoms with Gasteiger partial charge in [0, 0.05) is 43.3 Å². The van der Waals surface area contributed by atoms with E-state index in [2.05, 4.69) is 5.32 Å². The van der Waals surface area contributed by atoms with Gasteiger partial charge in [0.25, 0.3) is 11.5 Å². The summed E-state index contributed by atoms with van der Waals surface area (Å²) in [6.07, 6.45) is 3.53. The van der Waals surface area contributed by atoms with E-state index in [-0.39, 0.29) is 17.7 Å². The number of aromatic nitrogens is 2. The van der Waals surface area contributed by atoms with Crippen LogP contribution in [0.2, 0.25) is 0 Å². The number of hydrogen-bond donors (Lipinski definition) is 1. The Bertz CT molecular complexity index is 1280. The molecule has 1 N–H and O–H groups in total.